The van der Waals surface area contributed by atoms with Crippen LogP contribution in [0.3, 0.4) is 0 Å². The Labute approximate surface area is 187 Å². The van der Waals surface area contributed by atoms with E-state index in [1.54, 1.807) is 11.0 Å². The van der Waals surface area contributed by atoms with E-state index in [1.165, 1.54) is 19.3 Å². The summed E-state index contributed by atoms with van der Waals surface area (Å²) < 4.78 is 0. The molecule has 0 bridgehead atoms. The maximum absolute atomic E-state index is 12.4. The van der Waals surface area contributed by atoms with Crippen molar-refractivity contribution in [2.75, 3.05) is 39.3 Å². The molecule has 2 N–H and O–H groups in total. The Morgan fingerprint density at radius 3 is 2.57 bits per heavy atom. The number of hydrogen-bond donors (Lipinski definition) is 2. The lowest BCUT2D eigenvalue weighted by atomic mass is 10.1. The quantitative estimate of drug-likeness (QED) is 0.560. The lowest BCUT2D eigenvalue weighted by Gasteiger charge is -2.27. The summed E-state index contributed by atoms with van der Waals surface area (Å²) in [6.07, 6.45) is 6.07. The average molecular weight is 454 g/mol. The number of halogens is 2. The minimum atomic E-state index is -0.449. The van der Waals surface area contributed by atoms with Crippen LogP contribution in [0.1, 0.15) is 37.7 Å². The third-order valence-electron chi connectivity index (χ3n) is 5.66. The molecule has 2 aliphatic heterocycles. The zero-order valence-corrected chi connectivity index (χ0v) is 18.6. The number of carbonyl (C=O) groups is 2. The van der Waals surface area contributed by atoms with Gasteiger partial charge in [-0.3, -0.25) is 9.59 Å². The van der Waals surface area contributed by atoms with Crippen LogP contribution < -0.4 is 5.32 Å². The van der Waals surface area contributed by atoms with E-state index in [9.17, 15) is 14.7 Å². The zero-order valence-electron chi connectivity index (χ0n) is 17.1. The molecular formula is C22H29Cl2N3O3. The molecule has 0 atom stereocenters. The Hall–Kier alpha value is -1.76. The Kier molecular flexibility index (Phi) is 8.42. The molecule has 8 heteroatoms. The van der Waals surface area contributed by atoms with Crippen LogP contribution >= 0.6 is 23.2 Å². The molecule has 0 spiro atoms. The van der Waals surface area contributed by atoms with E-state index in [0.29, 0.717) is 29.6 Å². The van der Waals surface area contributed by atoms with Gasteiger partial charge in [0.2, 0.25) is 0 Å². The molecule has 1 fully saturated rings. The number of likely N-dealkylation sites (tertiary alicyclic amines) is 1. The van der Waals surface area contributed by atoms with Gasteiger partial charge in [0.1, 0.15) is 0 Å². The minimum Gasteiger partial charge on any atom is -0.503 e. The molecule has 1 aromatic carbocycles. The minimum absolute atomic E-state index is 0.160. The first-order valence-corrected chi connectivity index (χ1v) is 11.4. The number of piperidine rings is 1. The molecule has 0 saturated carbocycles. The highest BCUT2D eigenvalue weighted by molar-refractivity contribution is 6.42. The van der Waals surface area contributed by atoms with Crippen LogP contribution in [0.5, 0.6) is 0 Å². The smallest absolute Gasteiger partial charge is 0.289 e. The summed E-state index contributed by atoms with van der Waals surface area (Å²) >= 11 is 11.9. The SMILES string of the molecule is O=C(NCCCc1ccc(Cl)c(Cl)c1)C1=C(O)C(=O)N(CCCN2CCCCC2)C1. The fourth-order valence-electron chi connectivity index (χ4n) is 3.94. The van der Waals surface area contributed by atoms with Crippen molar-refractivity contribution in [2.45, 2.75) is 38.5 Å². The summed E-state index contributed by atoms with van der Waals surface area (Å²) in [4.78, 5) is 28.7. The van der Waals surface area contributed by atoms with Gasteiger partial charge in [-0.2, -0.15) is 0 Å². The molecule has 0 aliphatic carbocycles. The molecule has 164 valence electrons. The molecule has 0 radical (unpaired) electrons. The largest absolute Gasteiger partial charge is 0.503 e. The van der Waals surface area contributed by atoms with Gasteiger partial charge in [0.25, 0.3) is 11.8 Å². The van der Waals surface area contributed by atoms with Crippen LogP contribution in [-0.2, 0) is 16.0 Å². The van der Waals surface area contributed by atoms with Gasteiger partial charge < -0.3 is 20.2 Å². The van der Waals surface area contributed by atoms with Crippen molar-refractivity contribution in [3.8, 4) is 0 Å². The van der Waals surface area contributed by atoms with Gasteiger partial charge in [-0.1, -0.05) is 35.7 Å². The molecule has 30 heavy (non-hydrogen) atoms. The standard InChI is InChI=1S/C22H29Cl2N3O3/c23-18-8-7-16(14-19(18)24)6-4-9-25-21(29)17-15-27(22(30)20(17)28)13-5-12-26-10-2-1-3-11-26/h7-8,14,28H,1-6,9-13,15H2,(H,25,29). The molecule has 2 heterocycles. The van der Waals surface area contributed by atoms with E-state index >= 15 is 0 Å². The highest BCUT2D eigenvalue weighted by atomic mass is 35.5. The summed E-state index contributed by atoms with van der Waals surface area (Å²) in [7, 11) is 0. The lowest BCUT2D eigenvalue weighted by molar-refractivity contribution is -0.127. The number of hydrogen-bond acceptors (Lipinski definition) is 4. The summed E-state index contributed by atoms with van der Waals surface area (Å²) in [5.74, 6) is -1.25. The number of nitrogens with one attached hydrogen (secondary N) is 1. The van der Waals surface area contributed by atoms with Crippen molar-refractivity contribution in [1.82, 2.24) is 15.1 Å². The second-order valence-electron chi connectivity index (χ2n) is 7.92. The first-order chi connectivity index (χ1) is 14.5. The molecule has 2 amide bonds. The predicted molar refractivity (Wildman–Crippen MR) is 119 cm³/mol. The van der Waals surface area contributed by atoms with Gasteiger partial charge >= 0.3 is 0 Å². The average Bonchev–Trinajstić information content (AvgIpc) is 3.03. The fraction of sp³-hybridized carbons (Fsp3) is 0.545. The van der Waals surface area contributed by atoms with Crippen molar-refractivity contribution in [1.29, 1.82) is 0 Å². The number of nitrogens with zero attached hydrogens (tertiary/aromatic N) is 2. The normalized spacial score (nSPS) is 17.7. The van der Waals surface area contributed by atoms with E-state index < -0.39 is 11.7 Å². The number of aliphatic hydroxyl groups is 1. The summed E-state index contributed by atoms with van der Waals surface area (Å²) in [5.41, 5.74) is 1.20. The van der Waals surface area contributed by atoms with E-state index in [4.69, 9.17) is 23.2 Å². The van der Waals surface area contributed by atoms with Gasteiger partial charge in [-0.15, -0.1) is 0 Å². The number of aliphatic hydroxyl groups excluding tert-OH is 1. The highest BCUT2D eigenvalue weighted by Crippen LogP contribution is 2.23. The molecule has 2 aliphatic rings. The predicted octanol–water partition coefficient (Wildman–Crippen LogP) is 3.57. The maximum Gasteiger partial charge on any atom is 0.289 e. The van der Waals surface area contributed by atoms with E-state index in [2.05, 4.69) is 10.2 Å². The Bertz CT molecular complexity index is 807. The number of rotatable bonds is 9. The molecule has 0 unspecified atom stereocenters. The van der Waals surface area contributed by atoms with Crippen molar-refractivity contribution < 1.29 is 14.7 Å². The summed E-state index contributed by atoms with van der Waals surface area (Å²) in [6, 6.07) is 5.48. The topological polar surface area (TPSA) is 72.9 Å². The number of benzene rings is 1. The van der Waals surface area contributed by atoms with Gasteiger partial charge in [0, 0.05) is 13.1 Å². The number of carbonyl (C=O) groups excluding carboxylic acids is 2. The Morgan fingerprint density at radius 1 is 1.07 bits per heavy atom. The maximum atomic E-state index is 12.4. The first kappa shape index (κ1) is 22.9. The fourth-order valence-corrected chi connectivity index (χ4v) is 4.26. The number of aryl methyl sites for hydroxylation is 1. The van der Waals surface area contributed by atoms with E-state index in [1.807, 2.05) is 12.1 Å². The Morgan fingerprint density at radius 2 is 1.83 bits per heavy atom. The van der Waals surface area contributed by atoms with Crippen LogP contribution in [0.4, 0.5) is 0 Å². The van der Waals surface area contributed by atoms with Gasteiger partial charge in [-0.05, 0) is 69.4 Å². The molecule has 3 rings (SSSR count). The van der Waals surface area contributed by atoms with Crippen molar-refractivity contribution in [2.24, 2.45) is 0 Å². The van der Waals surface area contributed by atoms with Crippen molar-refractivity contribution in [3.05, 3.63) is 45.1 Å². The van der Waals surface area contributed by atoms with Crippen LogP contribution in [0.15, 0.2) is 29.5 Å². The highest BCUT2D eigenvalue weighted by Gasteiger charge is 2.33. The number of amides is 2. The Balaban J connectivity index is 1.39. The summed E-state index contributed by atoms with van der Waals surface area (Å²) in [6.45, 7) is 4.34. The monoisotopic (exact) mass is 453 g/mol. The van der Waals surface area contributed by atoms with Crippen LogP contribution in [-0.4, -0.2) is 66.0 Å². The lowest BCUT2D eigenvalue weighted by Crippen LogP contribution is -2.35. The van der Waals surface area contributed by atoms with E-state index in [-0.39, 0.29) is 18.0 Å². The van der Waals surface area contributed by atoms with Crippen molar-refractivity contribution >= 4 is 35.0 Å². The van der Waals surface area contributed by atoms with Gasteiger partial charge in [0.15, 0.2) is 5.76 Å². The second-order valence-corrected chi connectivity index (χ2v) is 8.73. The van der Waals surface area contributed by atoms with E-state index in [0.717, 1.165) is 38.0 Å². The third-order valence-corrected chi connectivity index (χ3v) is 6.40. The van der Waals surface area contributed by atoms with Gasteiger partial charge in [-0.25, -0.2) is 0 Å². The van der Waals surface area contributed by atoms with Crippen LogP contribution in [0.25, 0.3) is 0 Å². The molecule has 1 saturated heterocycles. The van der Waals surface area contributed by atoms with Crippen molar-refractivity contribution in [3.63, 3.8) is 0 Å². The van der Waals surface area contributed by atoms with Crippen LogP contribution in [0, 0.1) is 0 Å². The molecule has 0 aromatic heterocycles. The second kappa shape index (κ2) is 11.0. The van der Waals surface area contributed by atoms with Crippen LogP contribution in [0.2, 0.25) is 10.0 Å². The molecular weight excluding hydrogens is 425 g/mol. The summed E-state index contributed by atoms with van der Waals surface area (Å²) in [5, 5.41) is 14.0. The molecule has 6 nitrogen and oxygen atoms in total. The first-order valence-electron chi connectivity index (χ1n) is 10.6. The molecule has 1 aromatic rings. The third kappa shape index (κ3) is 6.13. The zero-order chi connectivity index (χ0) is 21.5. The van der Waals surface area contributed by atoms with Gasteiger partial charge in [0.05, 0.1) is 22.2 Å².